The lowest BCUT2D eigenvalue weighted by atomic mass is 9.82. The lowest BCUT2D eigenvalue weighted by molar-refractivity contribution is 0.595. The van der Waals surface area contributed by atoms with Crippen molar-refractivity contribution in [2.24, 2.45) is 0 Å². The zero-order chi connectivity index (χ0) is 12.8. The average molecular weight is 227 g/mol. The largest absolute Gasteiger partial charge is 0.258 e. The molecule has 0 saturated carbocycles. The molecular formula is C16H21N. The Kier molecular flexibility index (Phi) is 2.73. The maximum Gasteiger partial charge on any atom is 0.0457 e. The van der Waals surface area contributed by atoms with E-state index in [-0.39, 0.29) is 5.41 Å². The first-order valence-electron chi connectivity index (χ1n) is 6.18. The molecule has 0 aliphatic heterocycles. The number of benzene rings is 1. The van der Waals surface area contributed by atoms with Gasteiger partial charge in [0, 0.05) is 16.8 Å². The molecule has 17 heavy (non-hydrogen) atoms. The van der Waals surface area contributed by atoms with Gasteiger partial charge < -0.3 is 0 Å². The molecule has 2 aromatic rings. The first-order valence-corrected chi connectivity index (χ1v) is 6.18. The van der Waals surface area contributed by atoms with Gasteiger partial charge in [0.25, 0.3) is 0 Å². The number of nitrogens with zero attached hydrogens (tertiary/aromatic N) is 1. The summed E-state index contributed by atoms with van der Waals surface area (Å²) in [6.07, 6.45) is 0. The summed E-state index contributed by atoms with van der Waals surface area (Å²) in [4.78, 5) is 4.61. The van der Waals surface area contributed by atoms with Crippen LogP contribution in [-0.2, 0) is 5.41 Å². The Morgan fingerprint density at radius 2 is 1.59 bits per heavy atom. The Balaban J connectivity index is 2.93. The summed E-state index contributed by atoms with van der Waals surface area (Å²) in [5.41, 5.74) is 5.13. The van der Waals surface area contributed by atoms with Crippen LogP contribution >= 0.6 is 0 Å². The van der Waals surface area contributed by atoms with Crippen molar-refractivity contribution in [2.75, 3.05) is 0 Å². The van der Waals surface area contributed by atoms with E-state index in [0.29, 0.717) is 0 Å². The van der Waals surface area contributed by atoms with Crippen LogP contribution in [0, 0.1) is 20.8 Å². The third-order valence-electron chi connectivity index (χ3n) is 3.19. The fourth-order valence-corrected chi connectivity index (χ4v) is 2.50. The van der Waals surface area contributed by atoms with E-state index in [2.05, 4.69) is 64.7 Å². The van der Waals surface area contributed by atoms with Gasteiger partial charge in [0.2, 0.25) is 0 Å². The second-order valence-corrected chi connectivity index (χ2v) is 6.01. The van der Waals surface area contributed by atoms with Crippen LogP contribution in [0.15, 0.2) is 18.2 Å². The molecule has 1 aromatic heterocycles. The van der Waals surface area contributed by atoms with E-state index in [1.165, 1.54) is 21.9 Å². The van der Waals surface area contributed by atoms with Gasteiger partial charge in [0.1, 0.15) is 0 Å². The number of pyridine rings is 1. The molecule has 0 radical (unpaired) electrons. The summed E-state index contributed by atoms with van der Waals surface area (Å²) in [5, 5.41) is 2.65. The molecule has 1 nitrogen and oxygen atoms in total. The second kappa shape index (κ2) is 3.83. The fourth-order valence-electron chi connectivity index (χ4n) is 2.50. The van der Waals surface area contributed by atoms with Crippen LogP contribution in [0.25, 0.3) is 10.8 Å². The van der Waals surface area contributed by atoms with Gasteiger partial charge in [-0.15, -0.1) is 0 Å². The molecule has 90 valence electrons. The van der Waals surface area contributed by atoms with E-state index >= 15 is 0 Å². The van der Waals surface area contributed by atoms with Crippen molar-refractivity contribution >= 4 is 10.8 Å². The monoisotopic (exact) mass is 227 g/mol. The highest BCUT2D eigenvalue weighted by Gasteiger charge is 2.19. The Morgan fingerprint density at radius 1 is 0.941 bits per heavy atom. The maximum atomic E-state index is 4.61. The van der Waals surface area contributed by atoms with Gasteiger partial charge in [-0.05, 0) is 43.2 Å². The summed E-state index contributed by atoms with van der Waals surface area (Å²) in [7, 11) is 0. The van der Waals surface area contributed by atoms with Crippen molar-refractivity contribution in [2.45, 2.75) is 47.0 Å². The molecule has 0 aliphatic rings. The van der Waals surface area contributed by atoms with Gasteiger partial charge in [-0.25, -0.2) is 0 Å². The van der Waals surface area contributed by atoms with Crippen molar-refractivity contribution in [3.63, 3.8) is 0 Å². The highest BCUT2D eigenvalue weighted by atomic mass is 14.7. The van der Waals surface area contributed by atoms with E-state index in [1.807, 2.05) is 0 Å². The molecule has 0 fully saturated rings. The minimum absolute atomic E-state index is 0.159. The Labute approximate surface area is 104 Å². The van der Waals surface area contributed by atoms with E-state index < -0.39 is 0 Å². The molecular weight excluding hydrogens is 206 g/mol. The van der Waals surface area contributed by atoms with Crippen molar-refractivity contribution in [3.05, 3.63) is 40.7 Å². The molecule has 0 aliphatic carbocycles. The van der Waals surface area contributed by atoms with Crippen LogP contribution in [0.2, 0.25) is 0 Å². The summed E-state index contributed by atoms with van der Waals surface area (Å²) in [5.74, 6) is 0. The number of hydrogen-bond donors (Lipinski definition) is 0. The van der Waals surface area contributed by atoms with Gasteiger partial charge in [0.15, 0.2) is 0 Å². The molecule has 0 saturated heterocycles. The zero-order valence-corrected chi connectivity index (χ0v) is 11.7. The SMILES string of the molecule is Cc1cc(C(C)(C)C)c2c(C)nc(C)cc2c1. The maximum absolute atomic E-state index is 4.61. The van der Waals surface area contributed by atoms with Crippen LogP contribution in [0.5, 0.6) is 0 Å². The van der Waals surface area contributed by atoms with Crippen LogP contribution in [0.3, 0.4) is 0 Å². The third-order valence-corrected chi connectivity index (χ3v) is 3.19. The Morgan fingerprint density at radius 3 is 2.18 bits per heavy atom. The van der Waals surface area contributed by atoms with Gasteiger partial charge in [-0.1, -0.05) is 38.5 Å². The average Bonchev–Trinajstić information content (AvgIpc) is 2.13. The van der Waals surface area contributed by atoms with Crippen LogP contribution in [0.1, 0.15) is 43.3 Å². The number of rotatable bonds is 0. The summed E-state index contributed by atoms with van der Waals surface area (Å²) < 4.78 is 0. The number of aromatic nitrogens is 1. The van der Waals surface area contributed by atoms with E-state index in [4.69, 9.17) is 0 Å². The molecule has 0 atom stereocenters. The topological polar surface area (TPSA) is 12.9 Å². The number of fused-ring (bicyclic) bond motifs is 1. The van der Waals surface area contributed by atoms with E-state index in [9.17, 15) is 0 Å². The number of aryl methyl sites for hydroxylation is 3. The molecule has 2 rings (SSSR count). The van der Waals surface area contributed by atoms with E-state index in [1.54, 1.807) is 0 Å². The summed E-state index contributed by atoms with van der Waals surface area (Å²) >= 11 is 0. The standard InChI is InChI=1S/C16H21N/c1-10-7-13-9-11(2)17-12(3)15(13)14(8-10)16(4,5)6/h7-9H,1-6H3. The molecule has 1 aromatic carbocycles. The van der Waals surface area contributed by atoms with Crippen LogP contribution in [-0.4, -0.2) is 4.98 Å². The predicted molar refractivity (Wildman–Crippen MR) is 74.7 cm³/mol. The smallest absolute Gasteiger partial charge is 0.0457 e. The Bertz CT molecular complexity index is 569. The molecule has 0 bridgehead atoms. The summed E-state index contributed by atoms with van der Waals surface area (Å²) in [6, 6.07) is 6.74. The fraction of sp³-hybridized carbons (Fsp3) is 0.438. The third kappa shape index (κ3) is 2.19. The van der Waals surface area contributed by atoms with Gasteiger partial charge in [-0.2, -0.15) is 0 Å². The zero-order valence-electron chi connectivity index (χ0n) is 11.7. The lowest BCUT2D eigenvalue weighted by Crippen LogP contribution is -2.13. The molecule has 0 N–H and O–H groups in total. The van der Waals surface area contributed by atoms with Crippen molar-refractivity contribution in [1.82, 2.24) is 4.98 Å². The normalized spacial score (nSPS) is 12.1. The first-order chi connectivity index (χ1) is 7.79. The molecule has 1 heterocycles. The predicted octanol–water partition coefficient (Wildman–Crippen LogP) is 4.46. The van der Waals surface area contributed by atoms with Gasteiger partial charge in [0.05, 0.1) is 0 Å². The molecule has 0 amide bonds. The van der Waals surface area contributed by atoms with Crippen LogP contribution < -0.4 is 0 Å². The minimum Gasteiger partial charge on any atom is -0.258 e. The molecule has 0 spiro atoms. The minimum atomic E-state index is 0.159. The Hall–Kier alpha value is -1.37. The molecule has 0 unspecified atom stereocenters. The number of hydrogen-bond acceptors (Lipinski definition) is 1. The quantitative estimate of drug-likeness (QED) is 0.647. The van der Waals surface area contributed by atoms with Crippen LogP contribution in [0.4, 0.5) is 0 Å². The summed E-state index contributed by atoms with van der Waals surface area (Å²) in [6.45, 7) is 13.1. The van der Waals surface area contributed by atoms with Gasteiger partial charge in [-0.3, -0.25) is 4.98 Å². The van der Waals surface area contributed by atoms with Gasteiger partial charge >= 0.3 is 0 Å². The van der Waals surface area contributed by atoms with E-state index in [0.717, 1.165) is 11.4 Å². The van der Waals surface area contributed by atoms with Crippen molar-refractivity contribution in [3.8, 4) is 0 Å². The highest BCUT2D eigenvalue weighted by molar-refractivity contribution is 5.89. The lowest BCUT2D eigenvalue weighted by Gasteiger charge is -2.23. The van der Waals surface area contributed by atoms with Crippen molar-refractivity contribution in [1.29, 1.82) is 0 Å². The molecule has 1 heteroatoms. The highest BCUT2D eigenvalue weighted by Crippen LogP contribution is 2.32. The van der Waals surface area contributed by atoms with Crippen molar-refractivity contribution < 1.29 is 0 Å². The first kappa shape index (κ1) is 12.1. The second-order valence-electron chi connectivity index (χ2n) is 6.01.